The normalized spacial score (nSPS) is 18.7. The number of nitriles is 1. The first kappa shape index (κ1) is 26.8. The molecule has 7 heteroatoms. The summed E-state index contributed by atoms with van der Waals surface area (Å²) < 4.78 is 18.1. The maximum Gasteiger partial charge on any atom is 0.174 e. The Morgan fingerprint density at radius 3 is 2.51 bits per heavy atom. The number of ether oxygens (including phenoxy) is 3. The quantitative estimate of drug-likeness (QED) is 0.290. The highest BCUT2D eigenvalue weighted by Gasteiger charge is 2.39. The van der Waals surface area contributed by atoms with Crippen LogP contribution in [0.2, 0.25) is 0 Å². The first-order chi connectivity index (χ1) is 18.9. The molecule has 0 bridgehead atoms. The zero-order valence-corrected chi connectivity index (χ0v) is 24.2. The molecule has 1 aliphatic carbocycles. The van der Waals surface area contributed by atoms with Crippen LogP contribution >= 0.6 is 22.6 Å². The molecule has 0 spiro atoms. The van der Waals surface area contributed by atoms with E-state index in [1.807, 2.05) is 61.5 Å². The number of nitrogens with zero attached hydrogens (tertiary/aromatic N) is 1. The van der Waals surface area contributed by atoms with E-state index in [2.05, 4.69) is 46.1 Å². The molecule has 2 aliphatic rings. The highest BCUT2D eigenvalue weighted by molar-refractivity contribution is 14.1. The molecule has 1 heterocycles. The highest BCUT2D eigenvalue weighted by Crippen LogP contribution is 2.47. The van der Waals surface area contributed by atoms with Crippen molar-refractivity contribution in [2.24, 2.45) is 0 Å². The zero-order chi connectivity index (χ0) is 27.5. The van der Waals surface area contributed by atoms with Crippen LogP contribution in [0, 0.1) is 14.9 Å². The van der Waals surface area contributed by atoms with E-state index in [0.717, 1.165) is 37.4 Å². The van der Waals surface area contributed by atoms with E-state index in [-0.39, 0.29) is 11.7 Å². The number of halogens is 1. The number of carbonyl (C=O) groups excluding carboxylic acids is 1. The molecule has 0 saturated carbocycles. The van der Waals surface area contributed by atoms with Gasteiger partial charge >= 0.3 is 0 Å². The Labute approximate surface area is 242 Å². The summed E-state index contributed by atoms with van der Waals surface area (Å²) in [6, 6.07) is 24.1. The average Bonchev–Trinajstić information content (AvgIpc) is 2.95. The Bertz CT molecular complexity index is 1520. The summed E-state index contributed by atoms with van der Waals surface area (Å²) in [5, 5.41) is 13.6. The van der Waals surface area contributed by atoms with Crippen molar-refractivity contribution in [3.8, 4) is 23.3 Å². The van der Waals surface area contributed by atoms with Gasteiger partial charge in [-0.2, -0.15) is 5.26 Å². The van der Waals surface area contributed by atoms with Crippen molar-refractivity contribution in [2.75, 3.05) is 14.2 Å². The van der Waals surface area contributed by atoms with E-state index in [4.69, 9.17) is 14.2 Å². The lowest BCUT2D eigenvalue weighted by Gasteiger charge is -2.36. The fourth-order valence-electron chi connectivity index (χ4n) is 5.45. The Morgan fingerprint density at radius 2 is 1.79 bits per heavy atom. The topological polar surface area (TPSA) is 80.6 Å². The lowest BCUT2D eigenvalue weighted by Crippen LogP contribution is -2.33. The molecule has 2 unspecified atom stereocenters. The molecule has 39 heavy (non-hydrogen) atoms. The van der Waals surface area contributed by atoms with E-state index < -0.39 is 5.92 Å². The third-order valence-electron chi connectivity index (χ3n) is 7.32. The number of methoxy groups -OCH3 is 2. The zero-order valence-electron chi connectivity index (χ0n) is 22.1. The molecule has 1 aliphatic heterocycles. The van der Waals surface area contributed by atoms with Crippen molar-refractivity contribution in [1.29, 1.82) is 5.26 Å². The van der Waals surface area contributed by atoms with Crippen molar-refractivity contribution in [3.63, 3.8) is 0 Å². The first-order valence-corrected chi connectivity index (χ1v) is 13.8. The number of carbonyl (C=O) groups is 1. The SMILES string of the molecule is COc1cccc(COc2c(I)cc(C3C(C#N)=C(C)NC4=C3C(=O)CC(c3ccccc3)C4)cc2OC)c1. The summed E-state index contributed by atoms with van der Waals surface area (Å²) in [5.74, 6) is 1.64. The van der Waals surface area contributed by atoms with Crippen LogP contribution in [-0.4, -0.2) is 20.0 Å². The van der Waals surface area contributed by atoms with Crippen molar-refractivity contribution in [2.45, 2.75) is 38.2 Å². The van der Waals surface area contributed by atoms with Crippen LogP contribution in [0.4, 0.5) is 0 Å². The van der Waals surface area contributed by atoms with Gasteiger partial charge in [-0.15, -0.1) is 0 Å². The molecule has 3 aromatic carbocycles. The highest BCUT2D eigenvalue weighted by atomic mass is 127. The lowest BCUT2D eigenvalue weighted by atomic mass is 9.72. The van der Waals surface area contributed by atoms with E-state index in [9.17, 15) is 10.1 Å². The maximum atomic E-state index is 13.7. The molecule has 0 saturated heterocycles. The van der Waals surface area contributed by atoms with E-state index in [1.165, 1.54) is 0 Å². The number of hydrogen-bond donors (Lipinski definition) is 1. The van der Waals surface area contributed by atoms with Gasteiger partial charge in [-0.1, -0.05) is 42.5 Å². The number of benzene rings is 3. The standard InChI is InChI=1S/C32H29IN2O4/c1-19-25(17-34)30(31-27(35-19)14-22(15-28(31)36)21-9-5-4-6-10-21)23-13-26(33)32(29(16-23)38-3)39-18-20-8-7-11-24(12-20)37-2/h4-13,16,22,30,35H,14-15,18H2,1-3H3. The van der Waals surface area contributed by atoms with Crippen LogP contribution in [0.1, 0.15) is 48.3 Å². The van der Waals surface area contributed by atoms with Crippen LogP contribution in [0.25, 0.3) is 0 Å². The van der Waals surface area contributed by atoms with E-state index in [0.29, 0.717) is 42.1 Å². The van der Waals surface area contributed by atoms with Gasteiger partial charge in [0, 0.05) is 23.4 Å². The molecule has 3 aromatic rings. The number of hydrogen-bond acceptors (Lipinski definition) is 6. The number of ketones is 1. The number of dihydropyridines is 1. The van der Waals surface area contributed by atoms with Crippen molar-refractivity contribution in [1.82, 2.24) is 5.32 Å². The van der Waals surface area contributed by atoms with Gasteiger partial charge in [-0.3, -0.25) is 4.79 Å². The Kier molecular flexibility index (Phi) is 7.94. The monoisotopic (exact) mass is 632 g/mol. The first-order valence-electron chi connectivity index (χ1n) is 12.8. The third kappa shape index (κ3) is 5.39. The minimum absolute atomic E-state index is 0.0650. The molecule has 0 amide bonds. The van der Waals surface area contributed by atoms with E-state index in [1.54, 1.807) is 14.2 Å². The smallest absolute Gasteiger partial charge is 0.174 e. The summed E-state index contributed by atoms with van der Waals surface area (Å²) in [4.78, 5) is 13.7. The van der Waals surface area contributed by atoms with Gasteiger partial charge < -0.3 is 19.5 Å². The van der Waals surface area contributed by atoms with Gasteiger partial charge in [0.1, 0.15) is 12.4 Å². The van der Waals surface area contributed by atoms with Crippen molar-refractivity contribution < 1.29 is 19.0 Å². The molecule has 0 aromatic heterocycles. The summed E-state index contributed by atoms with van der Waals surface area (Å²) in [7, 11) is 3.24. The second kappa shape index (κ2) is 11.5. The third-order valence-corrected chi connectivity index (χ3v) is 8.12. The van der Waals surface area contributed by atoms with Crippen LogP contribution in [0.15, 0.2) is 89.3 Å². The summed E-state index contributed by atoms with van der Waals surface area (Å²) in [5.41, 5.74) is 5.84. The predicted octanol–water partition coefficient (Wildman–Crippen LogP) is 6.77. The minimum atomic E-state index is -0.467. The van der Waals surface area contributed by atoms with Gasteiger partial charge in [0.15, 0.2) is 17.3 Å². The van der Waals surface area contributed by atoms with Crippen LogP contribution in [0.3, 0.4) is 0 Å². The number of Topliss-reactive ketones (excluding diaryl/α,β-unsaturated/α-hetero) is 1. The van der Waals surface area contributed by atoms with Crippen molar-refractivity contribution >= 4 is 28.4 Å². The van der Waals surface area contributed by atoms with Gasteiger partial charge in [0.2, 0.25) is 0 Å². The molecule has 5 rings (SSSR count). The van der Waals surface area contributed by atoms with Crippen molar-refractivity contribution in [3.05, 3.63) is 110 Å². The lowest BCUT2D eigenvalue weighted by molar-refractivity contribution is -0.116. The number of nitrogens with one attached hydrogen (secondary N) is 1. The molecular weight excluding hydrogens is 603 g/mol. The summed E-state index contributed by atoms with van der Waals surface area (Å²) >= 11 is 2.23. The van der Waals surface area contributed by atoms with Gasteiger partial charge in [-0.25, -0.2) is 0 Å². The number of allylic oxidation sites excluding steroid dienone is 4. The molecule has 198 valence electrons. The maximum absolute atomic E-state index is 13.7. The Hall–Kier alpha value is -3.77. The second-order valence-corrected chi connectivity index (χ2v) is 10.9. The minimum Gasteiger partial charge on any atom is -0.497 e. The summed E-state index contributed by atoms with van der Waals surface area (Å²) in [6.45, 7) is 2.24. The van der Waals surface area contributed by atoms with Crippen LogP contribution in [-0.2, 0) is 11.4 Å². The summed E-state index contributed by atoms with van der Waals surface area (Å²) in [6.07, 6.45) is 1.13. The van der Waals surface area contributed by atoms with Crippen LogP contribution < -0.4 is 19.5 Å². The van der Waals surface area contributed by atoms with Gasteiger partial charge in [0.05, 0.1) is 35.4 Å². The fraction of sp³-hybridized carbons (Fsp3) is 0.250. The largest absolute Gasteiger partial charge is 0.497 e. The average molecular weight is 632 g/mol. The molecule has 6 nitrogen and oxygen atoms in total. The molecule has 2 atom stereocenters. The molecule has 0 radical (unpaired) electrons. The predicted molar refractivity (Wildman–Crippen MR) is 158 cm³/mol. The fourth-order valence-corrected chi connectivity index (χ4v) is 6.23. The van der Waals surface area contributed by atoms with Gasteiger partial charge in [0.25, 0.3) is 0 Å². The van der Waals surface area contributed by atoms with Gasteiger partial charge in [-0.05, 0) is 82.8 Å². The van der Waals surface area contributed by atoms with Crippen LogP contribution in [0.5, 0.6) is 17.2 Å². The molecule has 1 N–H and O–H groups in total. The Balaban J connectivity index is 1.51. The Morgan fingerprint density at radius 1 is 1.00 bits per heavy atom. The second-order valence-electron chi connectivity index (χ2n) is 9.71. The molecule has 0 fully saturated rings. The van der Waals surface area contributed by atoms with E-state index >= 15 is 0 Å². The number of rotatable bonds is 7. The molecular formula is C32H29IN2O4.